The summed E-state index contributed by atoms with van der Waals surface area (Å²) in [5, 5.41) is 9.87. The minimum atomic E-state index is -0.416. The number of halogens is 1. The summed E-state index contributed by atoms with van der Waals surface area (Å²) in [7, 11) is 0. The molecule has 0 spiro atoms. The lowest BCUT2D eigenvalue weighted by atomic mass is 10.1. The van der Waals surface area contributed by atoms with Crippen LogP contribution in [0.2, 0.25) is 5.02 Å². The summed E-state index contributed by atoms with van der Waals surface area (Å²) in [6.45, 7) is 0. The lowest BCUT2D eigenvalue weighted by Gasteiger charge is -2.07. The maximum atomic E-state index is 12.2. The molecule has 0 radical (unpaired) electrons. The highest BCUT2D eigenvalue weighted by atomic mass is 35.5. The van der Waals surface area contributed by atoms with E-state index in [2.05, 4.69) is 9.97 Å². The summed E-state index contributed by atoms with van der Waals surface area (Å²) in [6.07, 6.45) is 1.35. The van der Waals surface area contributed by atoms with E-state index in [0.717, 1.165) is 12.0 Å². The fraction of sp³-hybridized carbons (Fsp3) is 0.105. The molecule has 0 saturated carbocycles. The Labute approximate surface area is 144 Å². The van der Waals surface area contributed by atoms with Crippen molar-refractivity contribution in [3.8, 4) is 17.3 Å². The number of rotatable bonds is 4. The maximum absolute atomic E-state index is 12.2. The molecule has 118 valence electrons. The predicted octanol–water partition coefficient (Wildman–Crippen LogP) is 3.75. The van der Waals surface area contributed by atoms with Gasteiger partial charge < -0.3 is 4.98 Å². The van der Waals surface area contributed by atoms with E-state index in [1.165, 1.54) is 0 Å². The van der Waals surface area contributed by atoms with Gasteiger partial charge in [0.2, 0.25) is 0 Å². The third-order valence-electron chi connectivity index (χ3n) is 3.69. The zero-order valence-electron chi connectivity index (χ0n) is 12.8. The van der Waals surface area contributed by atoms with Crippen LogP contribution in [-0.2, 0) is 12.8 Å². The van der Waals surface area contributed by atoms with E-state index in [1.54, 1.807) is 24.3 Å². The molecule has 5 heteroatoms. The van der Waals surface area contributed by atoms with Gasteiger partial charge in [-0.25, -0.2) is 4.98 Å². The van der Waals surface area contributed by atoms with Gasteiger partial charge in [0.15, 0.2) is 0 Å². The van der Waals surface area contributed by atoms with E-state index in [4.69, 9.17) is 11.6 Å². The molecule has 1 N–H and O–H groups in total. The lowest BCUT2D eigenvalue weighted by Crippen LogP contribution is -2.17. The highest BCUT2D eigenvalue weighted by molar-refractivity contribution is 6.30. The zero-order chi connectivity index (χ0) is 16.9. The topological polar surface area (TPSA) is 69.5 Å². The minimum absolute atomic E-state index is 0.0146. The summed E-state index contributed by atoms with van der Waals surface area (Å²) in [5.41, 5.74) is 1.85. The van der Waals surface area contributed by atoms with Crippen molar-refractivity contribution in [1.82, 2.24) is 9.97 Å². The van der Waals surface area contributed by atoms with Gasteiger partial charge >= 0.3 is 0 Å². The van der Waals surface area contributed by atoms with Crippen molar-refractivity contribution in [3.05, 3.63) is 86.9 Å². The summed E-state index contributed by atoms with van der Waals surface area (Å²) in [6, 6.07) is 18.8. The number of hydrogen-bond acceptors (Lipinski definition) is 3. The normalized spacial score (nSPS) is 10.3. The lowest BCUT2D eigenvalue weighted by molar-refractivity contribution is 0.847. The monoisotopic (exact) mass is 335 g/mol. The number of nitrogens with one attached hydrogen (secondary N) is 1. The van der Waals surface area contributed by atoms with E-state index >= 15 is 0 Å². The SMILES string of the molecule is N#Cc1c(-c2ccc(Cl)cc2)nc(CCc2ccccc2)[nH]c1=O. The van der Waals surface area contributed by atoms with Gasteiger partial charge in [0.1, 0.15) is 17.5 Å². The Bertz CT molecular complexity index is 941. The van der Waals surface area contributed by atoms with Crippen molar-refractivity contribution in [1.29, 1.82) is 5.26 Å². The van der Waals surface area contributed by atoms with Crippen LogP contribution >= 0.6 is 11.6 Å². The highest BCUT2D eigenvalue weighted by Gasteiger charge is 2.13. The van der Waals surface area contributed by atoms with Gasteiger partial charge in [0.05, 0.1) is 5.69 Å². The van der Waals surface area contributed by atoms with Crippen molar-refractivity contribution in [2.45, 2.75) is 12.8 Å². The number of H-pyrrole nitrogens is 1. The quantitative estimate of drug-likeness (QED) is 0.789. The number of nitriles is 1. The fourth-order valence-corrected chi connectivity index (χ4v) is 2.59. The van der Waals surface area contributed by atoms with E-state index in [9.17, 15) is 10.1 Å². The molecule has 2 aromatic carbocycles. The second-order valence-corrected chi connectivity index (χ2v) is 5.78. The van der Waals surface area contributed by atoms with Crippen molar-refractivity contribution in [3.63, 3.8) is 0 Å². The molecular formula is C19H14ClN3O. The molecule has 0 fully saturated rings. The molecule has 1 heterocycles. The first-order chi connectivity index (χ1) is 11.7. The molecule has 0 saturated heterocycles. The van der Waals surface area contributed by atoms with Crippen LogP contribution in [0.25, 0.3) is 11.3 Å². The maximum Gasteiger partial charge on any atom is 0.269 e. The van der Waals surface area contributed by atoms with Crippen LogP contribution in [0.15, 0.2) is 59.4 Å². The van der Waals surface area contributed by atoms with Gasteiger partial charge in [-0.05, 0) is 24.1 Å². The summed E-state index contributed by atoms with van der Waals surface area (Å²) >= 11 is 5.90. The molecule has 0 unspecified atom stereocenters. The molecule has 0 aliphatic heterocycles. The number of nitrogens with zero attached hydrogens (tertiary/aromatic N) is 2. The number of benzene rings is 2. The molecule has 24 heavy (non-hydrogen) atoms. The van der Waals surface area contributed by atoms with E-state index in [0.29, 0.717) is 28.5 Å². The van der Waals surface area contributed by atoms with Gasteiger partial charge in [-0.3, -0.25) is 4.79 Å². The number of aromatic amines is 1. The first kappa shape index (κ1) is 16.0. The van der Waals surface area contributed by atoms with Crippen molar-refractivity contribution in [2.75, 3.05) is 0 Å². The molecule has 1 aromatic heterocycles. The Morgan fingerprint density at radius 3 is 2.42 bits per heavy atom. The first-order valence-electron chi connectivity index (χ1n) is 7.50. The van der Waals surface area contributed by atoms with Crippen LogP contribution in [0.4, 0.5) is 0 Å². The van der Waals surface area contributed by atoms with Gasteiger partial charge in [-0.15, -0.1) is 0 Å². The standard InChI is InChI=1S/C19H14ClN3O/c20-15-9-7-14(8-10-15)18-16(12-21)19(24)23-17(22-18)11-6-13-4-2-1-3-5-13/h1-5,7-10H,6,11H2,(H,22,23,24). The Balaban J connectivity index is 1.96. The van der Waals surface area contributed by atoms with Crippen LogP contribution < -0.4 is 5.56 Å². The summed E-state index contributed by atoms with van der Waals surface area (Å²) in [5.74, 6) is 0.563. The Hall–Kier alpha value is -2.90. The van der Waals surface area contributed by atoms with Gasteiger partial charge in [0.25, 0.3) is 5.56 Å². The molecule has 0 aliphatic carbocycles. The van der Waals surface area contributed by atoms with Crippen molar-refractivity contribution in [2.24, 2.45) is 0 Å². The third-order valence-corrected chi connectivity index (χ3v) is 3.94. The Kier molecular flexibility index (Phi) is 4.74. The van der Waals surface area contributed by atoms with Crippen LogP contribution in [0, 0.1) is 11.3 Å². The molecule has 0 bridgehead atoms. The largest absolute Gasteiger partial charge is 0.309 e. The van der Waals surface area contributed by atoms with E-state index < -0.39 is 5.56 Å². The molecule has 0 aliphatic rings. The molecule has 3 aromatic rings. The average Bonchev–Trinajstić information content (AvgIpc) is 2.61. The second kappa shape index (κ2) is 7.12. The number of hydrogen-bond donors (Lipinski definition) is 1. The minimum Gasteiger partial charge on any atom is -0.309 e. The third kappa shape index (κ3) is 3.53. The van der Waals surface area contributed by atoms with Gasteiger partial charge in [-0.2, -0.15) is 5.26 Å². The summed E-state index contributed by atoms with van der Waals surface area (Å²) < 4.78 is 0. The predicted molar refractivity (Wildman–Crippen MR) is 93.9 cm³/mol. The van der Waals surface area contributed by atoms with Crippen molar-refractivity contribution < 1.29 is 0 Å². The molecular weight excluding hydrogens is 322 g/mol. The number of aryl methyl sites for hydroxylation is 2. The van der Waals surface area contributed by atoms with Gasteiger partial charge in [0, 0.05) is 17.0 Å². The number of aromatic nitrogens is 2. The molecule has 0 amide bonds. The zero-order valence-corrected chi connectivity index (χ0v) is 13.5. The van der Waals surface area contributed by atoms with Gasteiger partial charge in [-0.1, -0.05) is 54.1 Å². The Morgan fingerprint density at radius 1 is 1.04 bits per heavy atom. The first-order valence-corrected chi connectivity index (χ1v) is 7.88. The molecule has 0 atom stereocenters. The Morgan fingerprint density at radius 2 is 1.75 bits per heavy atom. The van der Waals surface area contributed by atoms with Crippen LogP contribution in [0.3, 0.4) is 0 Å². The summed E-state index contributed by atoms with van der Waals surface area (Å²) in [4.78, 5) is 19.4. The van der Waals surface area contributed by atoms with E-state index in [1.807, 2.05) is 36.4 Å². The van der Waals surface area contributed by atoms with Crippen LogP contribution in [0.5, 0.6) is 0 Å². The smallest absolute Gasteiger partial charge is 0.269 e. The fourth-order valence-electron chi connectivity index (χ4n) is 2.47. The highest BCUT2D eigenvalue weighted by Crippen LogP contribution is 2.21. The van der Waals surface area contributed by atoms with E-state index in [-0.39, 0.29) is 5.56 Å². The molecule has 4 nitrogen and oxygen atoms in total. The second-order valence-electron chi connectivity index (χ2n) is 5.34. The van der Waals surface area contributed by atoms with Crippen LogP contribution in [-0.4, -0.2) is 9.97 Å². The average molecular weight is 336 g/mol. The van der Waals surface area contributed by atoms with Crippen molar-refractivity contribution >= 4 is 11.6 Å². The van der Waals surface area contributed by atoms with Crippen LogP contribution in [0.1, 0.15) is 17.0 Å². The molecule has 3 rings (SSSR count).